The largest absolute Gasteiger partial charge is 0.372 e. The van der Waals surface area contributed by atoms with Gasteiger partial charge in [-0.3, -0.25) is 4.79 Å². The summed E-state index contributed by atoms with van der Waals surface area (Å²) in [4.78, 5) is 14.5. The molecule has 96 valence electrons. The number of hydrogen-bond donors (Lipinski definition) is 0. The number of carbonyl (C=O) groups is 1. The van der Waals surface area contributed by atoms with Crippen LogP contribution < -0.4 is 0 Å². The van der Waals surface area contributed by atoms with Crippen LogP contribution in [0.3, 0.4) is 0 Å². The Morgan fingerprint density at radius 2 is 2.00 bits per heavy atom. The van der Waals surface area contributed by atoms with Gasteiger partial charge in [-0.05, 0) is 38.0 Å². The minimum atomic E-state index is 0.205. The SMILES string of the molecule is CCC1CN(C(=O)C2C3CCCC32)CC(C)O1. The van der Waals surface area contributed by atoms with Gasteiger partial charge in [-0.2, -0.15) is 0 Å². The maximum atomic E-state index is 12.5. The Kier molecular flexibility index (Phi) is 2.89. The second kappa shape index (κ2) is 4.27. The molecule has 0 aromatic carbocycles. The van der Waals surface area contributed by atoms with E-state index in [1.54, 1.807) is 0 Å². The van der Waals surface area contributed by atoms with Gasteiger partial charge in [0.05, 0.1) is 12.2 Å². The van der Waals surface area contributed by atoms with Crippen LogP contribution in [0.1, 0.15) is 39.5 Å². The molecule has 3 rings (SSSR count). The fraction of sp³-hybridized carbons (Fsp3) is 0.929. The van der Waals surface area contributed by atoms with E-state index in [2.05, 4.69) is 18.7 Å². The standard InChI is InChI=1S/C14H23NO2/c1-3-10-8-15(7-9(2)17-10)14(16)13-11-5-4-6-12(11)13/h9-13H,3-8H2,1-2H3. The molecule has 3 nitrogen and oxygen atoms in total. The highest BCUT2D eigenvalue weighted by Gasteiger charge is 2.57. The van der Waals surface area contributed by atoms with Crippen molar-refractivity contribution in [3.63, 3.8) is 0 Å². The van der Waals surface area contributed by atoms with Crippen LogP contribution >= 0.6 is 0 Å². The molecule has 0 aromatic rings. The van der Waals surface area contributed by atoms with Crippen molar-refractivity contribution in [2.75, 3.05) is 13.1 Å². The molecule has 4 atom stereocenters. The van der Waals surface area contributed by atoms with Crippen LogP contribution in [0, 0.1) is 17.8 Å². The summed E-state index contributed by atoms with van der Waals surface area (Å²) in [6, 6.07) is 0. The molecule has 2 aliphatic carbocycles. The lowest BCUT2D eigenvalue weighted by Crippen LogP contribution is -2.49. The third kappa shape index (κ3) is 1.99. The number of nitrogens with zero attached hydrogens (tertiary/aromatic N) is 1. The lowest BCUT2D eigenvalue weighted by atomic mass is 10.1. The van der Waals surface area contributed by atoms with Crippen LogP contribution in [-0.4, -0.2) is 36.1 Å². The van der Waals surface area contributed by atoms with E-state index < -0.39 is 0 Å². The van der Waals surface area contributed by atoms with Crippen LogP contribution in [0.25, 0.3) is 0 Å². The van der Waals surface area contributed by atoms with Gasteiger partial charge < -0.3 is 9.64 Å². The van der Waals surface area contributed by atoms with Gasteiger partial charge in [0.25, 0.3) is 0 Å². The molecule has 0 radical (unpaired) electrons. The topological polar surface area (TPSA) is 29.5 Å². The van der Waals surface area contributed by atoms with E-state index >= 15 is 0 Å². The summed E-state index contributed by atoms with van der Waals surface area (Å²) in [6.07, 6.45) is 5.38. The second-order valence-corrected chi connectivity index (χ2v) is 6.00. The first-order chi connectivity index (χ1) is 8.20. The normalized spacial score (nSPS) is 44.6. The lowest BCUT2D eigenvalue weighted by Gasteiger charge is -2.37. The minimum Gasteiger partial charge on any atom is -0.372 e. The fourth-order valence-electron chi connectivity index (χ4n) is 3.85. The smallest absolute Gasteiger partial charge is 0.226 e. The van der Waals surface area contributed by atoms with E-state index in [1.807, 2.05) is 0 Å². The molecule has 2 saturated carbocycles. The number of ether oxygens (including phenoxy) is 1. The van der Waals surface area contributed by atoms with Crippen molar-refractivity contribution in [3.05, 3.63) is 0 Å². The van der Waals surface area contributed by atoms with Crippen LogP contribution in [0.5, 0.6) is 0 Å². The summed E-state index contributed by atoms with van der Waals surface area (Å²) >= 11 is 0. The molecule has 0 spiro atoms. The van der Waals surface area contributed by atoms with Crippen molar-refractivity contribution in [2.24, 2.45) is 17.8 Å². The van der Waals surface area contributed by atoms with Crippen molar-refractivity contribution in [2.45, 2.75) is 51.7 Å². The van der Waals surface area contributed by atoms with Gasteiger partial charge in [0.2, 0.25) is 5.91 Å². The Morgan fingerprint density at radius 3 is 2.65 bits per heavy atom. The average Bonchev–Trinajstić information content (AvgIpc) is 2.80. The van der Waals surface area contributed by atoms with Crippen LogP contribution in [0.4, 0.5) is 0 Å². The van der Waals surface area contributed by atoms with Crippen molar-refractivity contribution in [1.82, 2.24) is 4.90 Å². The quantitative estimate of drug-likeness (QED) is 0.735. The first kappa shape index (κ1) is 11.5. The third-order valence-corrected chi connectivity index (χ3v) is 4.78. The van der Waals surface area contributed by atoms with E-state index in [0.717, 1.165) is 31.3 Å². The van der Waals surface area contributed by atoms with Gasteiger partial charge >= 0.3 is 0 Å². The van der Waals surface area contributed by atoms with Crippen molar-refractivity contribution < 1.29 is 9.53 Å². The summed E-state index contributed by atoms with van der Waals surface area (Å²) < 4.78 is 5.82. The second-order valence-electron chi connectivity index (χ2n) is 6.00. The molecule has 1 saturated heterocycles. The van der Waals surface area contributed by atoms with Gasteiger partial charge in [0, 0.05) is 19.0 Å². The maximum Gasteiger partial charge on any atom is 0.226 e. The molecule has 0 N–H and O–H groups in total. The molecule has 0 bridgehead atoms. The maximum absolute atomic E-state index is 12.5. The highest BCUT2D eigenvalue weighted by atomic mass is 16.5. The van der Waals surface area contributed by atoms with Crippen molar-refractivity contribution in [3.8, 4) is 0 Å². The lowest BCUT2D eigenvalue weighted by molar-refractivity contribution is -0.146. The molecule has 1 heterocycles. The number of morpholine rings is 1. The van der Waals surface area contributed by atoms with Crippen molar-refractivity contribution >= 4 is 5.91 Å². The number of rotatable bonds is 2. The Labute approximate surface area is 104 Å². The van der Waals surface area contributed by atoms with E-state index in [0.29, 0.717) is 11.8 Å². The minimum absolute atomic E-state index is 0.205. The number of carbonyl (C=O) groups excluding carboxylic acids is 1. The summed E-state index contributed by atoms with van der Waals surface area (Å²) in [5.74, 6) is 2.28. The molecular formula is C14H23NO2. The van der Waals surface area contributed by atoms with E-state index in [1.165, 1.54) is 19.3 Å². The van der Waals surface area contributed by atoms with Crippen LogP contribution in [0.15, 0.2) is 0 Å². The zero-order chi connectivity index (χ0) is 12.0. The Balaban J connectivity index is 1.62. The number of fused-ring (bicyclic) bond motifs is 1. The van der Waals surface area contributed by atoms with Crippen LogP contribution in [-0.2, 0) is 9.53 Å². The Hall–Kier alpha value is -0.570. The predicted octanol–water partition coefficient (Wildman–Crippen LogP) is 2.06. The van der Waals surface area contributed by atoms with E-state index in [-0.39, 0.29) is 12.2 Å². The zero-order valence-corrected chi connectivity index (χ0v) is 10.9. The molecule has 3 aliphatic rings. The predicted molar refractivity (Wildman–Crippen MR) is 65.5 cm³/mol. The first-order valence-electron chi connectivity index (χ1n) is 7.15. The Bertz CT molecular complexity index is 307. The molecule has 1 amide bonds. The Morgan fingerprint density at radius 1 is 1.29 bits per heavy atom. The molecule has 17 heavy (non-hydrogen) atoms. The van der Waals surface area contributed by atoms with Crippen LogP contribution in [0.2, 0.25) is 0 Å². The van der Waals surface area contributed by atoms with E-state index in [9.17, 15) is 4.79 Å². The summed E-state index contributed by atoms with van der Waals surface area (Å²) in [5.41, 5.74) is 0. The van der Waals surface area contributed by atoms with Gasteiger partial charge in [-0.15, -0.1) is 0 Å². The van der Waals surface area contributed by atoms with Crippen molar-refractivity contribution in [1.29, 1.82) is 0 Å². The van der Waals surface area contributed by atoms with Gasteiger partial charge in [0.15, 0.2) is 0 Å². The molecule has 1 aliphatic heterocycles. The molecule has 3 fully saturated rings. The summed E-state index contributed by atoms with van der Waals surface area (Å²) in [7, 11) is 0. The summed E-state index contributed by atoms with van der Waals surface area (Å²) in [5, 5.41) is 0. The highest BCUT2D eigenvalue weighted by Crippen LogP contribution is 2.58. The number of hydrogen-bond acceptors (Lipinski definition) is 2. The highest BCUT2D eigenvalue weighted by molar-refractivity contribution is 5.82. The summed E-state index contributed by atoms with van der Waals surface area (Å²) in [6.45, 7) is 5.83. The molecular weight excluding hydrogens is 214 g/mol. The monoisotopic (exact) mass is 237 g/mol. The molecule has 4 unspecified atom stereocenters. The van der Waals surface area contributed by atoms with E-state index in [4.69, 9.17) is 4.74 Å². The third-order valence-electron chi connectivity index (χ3n) is 4.78. The van der Waals surface area contributed by atoms with Gasteiger partial charge in [0.1, 0.15) is 0 Å². The molecule has 0 aromatic heterocycles. The van der Waals surface area contributed by atoms with Gasteiger partial charge in [-0.25, -0.2) is 0 Å². The number of amides is 1. The molecule has 3 heteroatoms. The van der Waals surface area contributed by atoms with Gasteiger partial charge in [-0.1, -0.05) is 13.3 Å². The average molecular weight is 237 g/mol. The fourth-order valence-corrected chi connectivity index (χ4v) is 3.85. The zero-order valence-electron chi connectivity index (χ0n) is 10.9. The first-order valence-corrected chi connectivity index (χ1v) is 7.15.